The van der Waals surface area contributed by atoms with Crippen molar-refractivity contribution >= 4 is 17.7 Å². The lowest BCUT2D eigenvalue weighted by molar-refractivity contribution is -0.125. The van der Waals surface area contributed by atoms with Gasteiger partial charge in [-0.15, -0.1) is 0 Å². The van der Waals surface area contributed by atoms with Crippen LogP contribution in [0.5, 0.6) is 0 Å². The molecule has 0 heterocycles. The SMILES string of the molecule is CSC1(CNC(=O)C2CC3CC3C2)CCCCC1. The third kappa shape index (κ3) is 2.56. The van der Waals surface area contributed by atoms with Gasteiger partial charge in [-0.25, -0.2) is 0 Å². The summed E-state index contributed by atoms with van der Waals surface area (Å²) in [4.78, 5) is 12.2. The van der Waals surface area contributed by atoms with Crippen LogP contribution in [-0.4, -0.2) is 23.5 Å². The van der Waals surface area contributed by atoms with Crippen LogP contribution in [0.2, 0.25) is 0 Å². The average Bonchev–Trinajstić information content (AvgIpc) is 3.03. The summed E-state index contributed by atoms with van der Waals surface area (Å²) in [5.41, 5.74) is 0. The fraction of sp³-hybridized carbons (Fsp3) is 0.933. The first kappa shape index (κ1) is 12.8. The first-order chi connectivity index (χ1) is 8.72. The Balaban J connectivity index is 1.48. The first-order valence-corrected chi connectivity index (χ1v) is 8.78. The zero-order valence-electron chi connectivity index (χ0n) is 11.4. The molecule has 0 bridgehead atoms. The molecule has 0 aromatic carbocycles. The molecule has 0 aromatic rings. The molecule has 0 aliphatic heterocycles. The maximum Gasteiger partial charge on any atom is 0.223 e. The van der Waals surface area contributed by atoms with Crippen molar-refractivity contribution in [1.82, 2.24) is 5.32 Å². The average molecular weight is 267 g/mol. The second-order valence-electron chi connectivity index (χ2n) is 6.59. The predicted octanol–water partition coefficient (Wildman–Crippen LogP) is 3.21. The lowest BCUT2D eigenvalue weighted by Crippen LogP contribution is -2.43. The van der Waals surface area contributed by atoms with Crippen molar-refractivity contribution in [3.05, 3.63) is 0 Å². The van der Waals surface area contributed by atoms with Crippen molar-refractivity contribution in [3.8, 4) is 0 Å². The number of carbonyl (C=O) groups excluding carboxylic acids is 1. The van der Waals surface area contributed by atoms with Gasteiger partial charge < -0.3 is 5.32 Å². The molecule has 2 unspecified atom stereocenters. The van der Waals surface area contributed by atoms with Gasteiger partial charge in [-0.05, 0) is 50.2 Å². The van der Waals surface area contributed by atoms with E-state index in [0.717, 1.165) is 18.4 Å². The van der Waals surface area contributed by atoms with Crippen molar-refractivity contribution in [2.75, 3.05) is 12.8 Å². The van der Waals surface area contributed by atoms with Gasteiger partial charge in [-0.2, -0.15) is 11.8 Å². The van der Waals surface area contributed by atoms with Crippen LogP contribution in [0.15, 0.2) is 0 Å². The molecule has 2 atom stereocenters. The van der Waals surface area contributed by atoms with E-state index in [2.05, 4.69) is 11.6 Å². The molecule has 3 aliphatic carbocycles. The molecule has 0 aromatic heterocycles. The van der Waals surface area contributed by atoms with Crippen molar-refractivity contribution < 1.29 is 4.79 Å². The topological polar surface area (TPSA) is 29.1 Å². The van der Waals surface area contributed by atoms with E-state index < -0.39 is 0 Å². The Morgan fingerprint density at radius 2 is 1.83 bits per heavy atom. The first-order valence-electron chi connectivity index (χ1n) is 7.55. The van der Waals surface area contributed by atoms with Gasteiger partial charge in [0.1, 0.15) is 0 Å². The number of carbonyl (C=O) groups is 1. The lowest BCUT2D eigenvalue weighted by Gasteiger charge is -2.36. The highest BCUT2D eigenvalue weighted by molar-refractivity contribution is 8.00. The number of amides is 1. The molecular weight excluding hydrogens is 242 g/mol. The van der Waals surface area contributed by atoms with Crippen LogP contribution in [0.1, 0.15) is 51.4 Å². The third-order valence-corrected chi connectivity index (χ3v) is 6.82. The highest BCUT2D eigenvalue weighted by atomic mass is 32.2. The number of hydrogen-bond donors (Lipinski definition) is 1. The minimum absolute atomic E-state index is 0.343. The van der Waals surface area contributed by atoms with Crippen LogP contribution < -0.4 is 5.32 Å². The van der Waals surface area contributed by atoms with Gasteiger partial charge in [0, 0.05) is 17.2 Å². The molecule has 3 saturated carbocycles. The molecule has 2 nitrogen and oxygen atoms in total. The summed E-state index contributed by atoms with van der Waals surface area (Å²) in [7, 11) is 0. The Morgan fingerprint density at radius 1 is 1.17 bits per heavy atom. The van der Waals surface area contributed by atoms with E-state index in [-0.39, 0.29) is 0 Å². The fourth-order valence-corrected chi connectivity index (χ4v) is 4.88. The van der Waals surface area contributed by atoms with E-state index in [1.54, 1.807) is 0 Å². The maximum absolute atomic E-state index is 12.2. The number of nitrogens with one attached hydrogen (secondary N) is 1. The van der Waals surface area contributed by atoms with Crippen LogP contribution in [0.3, 0.4) is 0 Å². The van der Waals surface area contributed by atoms with E-state index in [1.165, 1.54) is 51.4 Å². The van der Waals surface area contributed by atoms with Gasteiger partial charge in [-0.1, -0.05) is 19.3 Å². The molecule has 102 valence electrons. The number of fused-ring (bicyclic) bond motifs is 1. The van der Waals surface area contributed by atoms with E-state index >= 15 is 0 Å². The zero-order chi connectivity index (χ0) is 12.6. The largest absolute Gasteiger partial charge is 0.354 e. The van der Waals surface area contributed by atoms with Crippen LogP contribution in [0.25, 0.3) is 0 Å². The van der Waals surface area contributed by atoms with Crippen molar-refractivity contribution in [2.45, 2.75) is 56.1 Å². The number of rotatable bonds is 4. The number of hydrogen-bond acceptors (Lipinski definition) is 2. The molecule has 1 amide bonds. The quantitative estimate of drug-likeness (QED) is 0.847. The summed E-state index contributed by atoms with van der Waals surface area (Å²) < 4.78 is 0.343. The summed E-state index contributed by atoms with van der Waals surface area (Å²) in [6.45, 7) is 0.902. The van der Waals surface area contributed by atoms with E-state index in [0.29, 0.717) is 16.6 Å². The molecule has 3 rings (SSSR count). The van der Waals surface area contributed by atoms with Crippen LogP contribution in [-0.2, 0) is 4.79 Å². The van der Waals surface area contributed by atoms with Gasteiger partial charge in [0.05, 0.1) is 0 Å². The monoisotopic (exact) mass is 267 g/mol. The Morgan fingerprint density at radius 3 is 2.44 bits per heavy atom. The Kier molecular flexibility index (Phi) is 3.61. The second kappa shape index (κ2) is 5.07. The van der Waals surface area contributed by atoms with E-state index in [1.807, 2.05) is 11.8 Å². The summed E-state index contributed by atoms with van der Waals surface area (Å²) in [6.07, 6.45) is 12.6. The van der Waals surface area contributed by atoms with Gasteiger partial charge in [0.15, 0.2) is 0 Å². The zero-order valence-corrected chi connectivity index (χ0v) is 12.2. The summed E-state index contributed by atoms with van der Waals surface area (Å²) in [6, 6.07) is 0. The molecular formula is C15H25NOS. The molecule has 1 N–H and O–H groups in total. The maximum atomic E-state index is 12.2. The third-order valence-electron chi connectivity index (χ3n) is 5.40. The van der Waals surface area contributed by atoms with E-state index in [4.69, 9.17) is 0 Å². The van der Waals surface area contributed by atoms with Gasteiger partial charge in [0.2, 0.25) is 5.91 Å². The van der Waals surface area contributed by atoms with Gasteiger partial charge in [-0.3, -0.25) is 4.79 Å². The van der Waals surface area contributed by atoms with Crippen LogP contribution >= 0.6 is 11.8 Å². The normalized spacial score (nSPS) is 37.1. The Bertz CT molecular complexity index is 314. The Labute approximate surface area is 115 Å². The minimum Gasteiger partial charge on any atom is -0.354 e. The molecule has 3 fully saturated rings. The second-order valence-corrected chi connectivity index (χ2v) is 7.86. The highest BCUT2D eigenvalue weighted by Gasteiger charge is 2.48. The van der Waals surface area contributed by atoms with Crippen molar-refractivity contribution in [2.24, 2.45) is 17.8 Å². The van der Waals surface area contributed by atoms with Gasteiger partial charge >= 0.3 is 0 Å². The van der Waals surface area contributed by atoms with Crippen molar-refractivity contribution in [3.63, 3.8) is 0 Å². The molecule has 3 aliphatic rings. The highest BCUT2D eigenvalue weighted by Crippen LogP contribution is 2.54. The molecule has 3 heteroatoms. The number of thioether (sulfide) groups is 1. The molecule has 0 spiro atoms. The fourth-order valence-electron chi connectivity index (χ4n) is 3.97. The summed E-state index contributed by atoms with van der Waals surface area (Å²) >= 11 is 1.97. The molecule has 0 radical (unpaired) electrons. The Hall–Kier alpha value is -0.180. The summed E-state index contributed by atoms with van der Waals surface area (Å²) in [5.74, 6) is 2.51. The van der Waals surface area contributed by atoms with Crippen LogP contribution in [0.4, 0.5) is 0 Å². The standard InChI is InChI=1S/C15H25NOS/c1-18-15(5-3-2-4-6-15)10-16-14(17)13-8-11-7-12(11)9-13/h11-13H,2-10H2,1H3,(H,16,17). The minimum atomic E-state index is 0.343. The lowest BCUT2D eigenvalue weighted by atomic mass is 9.88. The van der Waals surface area contributed by atoms with E-state index in [9.17, 15) is 4.79 Å². The smallest absolute Gasteiger partial charge is 0.223 e. The molecule has 0 saturated heterocycles. The predicted molar refractivity (Wildman–Crippen MR) is 76.7 cm³/mol. The van der Waals surface area contributed by atoms with Crippen LogP contribution in [0, 0.1) is 17.8 Å². The van der Waals surface area contributed by atoms with Gasteiger partial charge in [0.25, 0.3) is 0 Å². The molecule has 18 heavy (non-hydrogen) atoms. The van der Waals surface area contributed by atoms with Crippen molar-refractivity contribution in [1.29, 1.82) is 0 Å². The summed E-state index contributed by atoms with van der Waals surface area (Å²) in [5, 5.41) is 3.27.